The molecule has 20 heteroatoms. The molecule has 4 N–H and O–H groups in total. The molecule has 4 aliphatic heterocycles. The number of benzene rings is 2. The molecule has 8 heterocycles. The Morgan fingerprint density at radius 3 is 2.29 bits per heavy atom. The Bertz CT molecular complexity index is 3210. The molecule has 75 heavy (non-hydrogen) atoms. The van der Waals surface area contributed by atoms with Crippen LogP contribution in [0.1, 0.15) is 127 Å². The highest BCUT2D eigenvalue weighted by molar-refractivity contribution is 7.11. The number of hydrogen-bond acceptors (Lipinski definition) is 12. The second-order valence-corrected chi connectivity index (χ2v) is 23.8. The molecule has 1 aliphatic carbocycles. The summed E-state index contributed by atoms with van der Waals surface area (Å²) in [5.41, 5.74) is 3.85. The Labute approximate surface area is 438 Å². The Morgan fingerprint density at radius 1 is 0.880 bits per heavy atom. The summed E-state index contributed by atoms with van der Waals surface area (Å²) in [6.07, 6.45) is 7.65. The molecule has 6 aromatic rings. The number of fused-ring (bicyclic) bond motifs is 6. The zero-order chi connectivity index (χ0) is 52.8. The summed E-state index contributed by atoms with van der Waals surface area (Å²) >= 11 is 1.56. The van der Waals surface area contributed by atoms with Crippen LogP contribution in [0.15, 0.2) is 55.0 Å². The third-order valence-electron chi connectivity index (χ3n) is 15.7. The Hall–Kier alpha value is -6.80. The molecule has 8 atom stereocenters. The van der Waals surface area contributed by atoms with E-state index in [1.807, 2.05) is 67.6 Å². The summed E-state index contributed by atoms with van der Waals surface area (Å²) in [4.78, 5) is 79.3. The first-order chi connectivity index (χ1) is 35.8. The van der Waals surface area contributed by atoms with Crippen molar-refractivity contribution in [2.24, 2.45) is 17.8 Å². The van der Waals surface area contributed by atoms with Crippen LogP contribution in [0.4, 0.5) is 14.0 Å². The average molecular weight is 1050 g/mol. The number of aromatic nitrogens is 6. The minimum atomic E-state index is -0.780. The van der Waals surface area contributed by atoms with Crippen molar-refractivity contribution < 1.29 is 42.5 Å². The van der Waals surface area contributed by atoms with Crippen LogP contribution in [0.2, 0.25) is 0 Å². The van der Waals surface area contributed by atoms with Gasteiger partial charge in [-0.25, -0.2) is 28.9 Å². The number of thiazole rings is 1. The number of rotatable bonds is 11. The van der Waals surface area contributed by atoms with Crippen molar-refractivity contribution in [1.29, 1.82) is 0 Å². The topological polar surface area (TPSA) is 211 Å². The maximum absolute atomic E-state index is 17.1. The largest absolute Gasteiger partial charge is 0.464 e. The highest BCUT2D eigenvalue weighted by Crippen LogP contribution is 2.54. The van der Waals surface area contributed by atoms with Gasteiger partial charge in [0.2, 0.25) is 18.0 Å². The van der Waals surface area contributed by atoms with Gasteiger partial charge in [0.05, 0.1) is 82.3 Å². The van der Waals surface area contributed by atoms with Crippen molar-refractivity contribution in [2.75, 3.05) is 27.4 Å². The predicted octanol–water partition coefficient (Wildman–Crippen LogP) is 9.56. The van der Waals surface area contributed by atoms with Crippen LogP contribution in [0.5, 0.6) is 5.75 Å². The number of piperidine rings is 1. The summed E-state index contributed by atoms with van der Waals surface area (Å²) in [6, 6.07) is 9.25. The molecule has 2 aromatic carbocycles. The summed E-state index contributed by atoms with van der Waals surface area (Å²) in [7, 11) is 2.58. The lowest BCUT2D eigenvalue weighted by molar-refractivity contribution is -0.140. The molecule has 1 saturated carbocycles. The lowest BCUT2D eigenvalue weighted by Crippen LogP contribution is -2.55. The third-order valence-corrected chi connectivity index (χ3v) is 17.1. The van der Waals surface area contributed by atoms with Gasteiger partial charge in [-0.15, -0.1) is 11.3 Å². The fourth-order valence-corrected chi connectivity index (χ4v) is 12.8. The standard InChI is InChI=1S/C55H65FN10O8S/c1-27(2)44(62-52(69)71-8)48(67)64-15-10-11-37(64)46-57-25-35(61-46)30-18-33(56)43-39-20-31-17-28(12-13-36(31)66(39)50(74-41(43)22-30)42-26-59-51(75-42)54(3,4)5)34-24-58-47(60-34)40-21-32-19-38(32)65(40)49(68)45(63-53(70)72-9)29-14-16-73-55(6,7)23-29/h12-13,17-18,20,22,24-27,29,32,37-38,40,44-45,50H,10-11,14-16,19,21,23H2,1-9H3,(H,57,61)(H,58,60)(H,62,69)(H,63,70)/t29?,32?,37-,38+,40-,44-,45?,50?/m0/s1. The zero-order valence-corrected chi connectivity index (χ0v) is 44.6. The minimum absolute atomic E-state index is 0.0707. The molecular weight excluding hydrogens is 980 g/mol. The molecule has 4 fully saturated rings. The number of amides is 4. The number of hydrogen-bond donors (Lipinski definition) is 4. The molecule has 4 aromatic heterocycles. The molecule has 11 rings (SSSR count). The van der Waals surface area contributed by atoms with E-state index in [4.69, 9.17) is 33.9 Å². The van der Waals surface area contributed by atoms with Crippen molar-refractivity contribution in [1.82, 2.24) is 49.9 Å². The van der Waals surface area contributed by atoms with Crippen LogP contribution in [-0.4, -0.2) is 114 Å². The lowest BCUT2D eigenvalue weighted by Gasteiger charge is -2.40. The number of aromatic amines is 2. The van der Waals surface area contributed by atoms with E-state index in [2.05, 4.69) is 47.4 Å². The van der Waals surface area contributed by atoms with Gasteiger partial charge in [-0.05, 0) is 100 Å². The monoisotopic (exact) mass is 1040 g/mol. The van der Waals surface area contributed by atoms with Crippen molar-refractivity contribution in [3.63, 3.8) is 0 Å². The number of imidazole rings is 2. The maximum atomic E-state index is 17.1. The van der Waals surface area contributed by atoms with Crippen LogP contribution in [0, 0.1) is 23.6 Å². The summed E-state index contributed by atoms with van der Waals surface area (Å²) in [6.45, 7) is 15.1. The van der Waals surface area contributed by atoms with E-state index in [0.717, 1.165) is 51.3 Å². The van der Waals surface area contributed by atoms with Crippen LogP contribution < -0.4 is 15.4 Å². The molecule has 5 aliphatic rings. The first-order valence-corrected chi connectivity index (χ1v) is 26.8. The Kier molecular flexibility index (Phi) is 12.8. The van der Waals surface area contributed by atoms with Gasteiger partial charge >= 0.3 is 12.2 Å². The summed E-state index contributed by atoms with van der Waals surface area (Å²) < 4.78 is 41.8. The van der Waals surface area contributed by atoms with Crippen LogP contribution in [-0.2, 0) is 29.2 Å². The number of nitrogens with one attached hydrogen (secondary N) is 4. The van der Waals surface area contributed by atoms with Crippen molar-refractivity contribution >= 4 is 46.2 Å². The van der Waals surface area contributed by atoms with Crippen LogP contribution >= 0.6 is 11.3 Å². The van der Waals surface area contributed by atoms with E-state index in [1.54, 1.807) is 28.6 Å². The molecule has 4 unspecified atom stereocenters. The molecule has 0 bridgehead atoms. The van der Waals surface area contributed by atoms with Gasteiger partial charge in [-0.1, -0.05) is 40.7 Å². The number of ether oxygens (including phenoxy) is 4. The van der Waals surface area contributed by atoms with Crippen molar-refractivity contribution in [3.8, 4) is 39.5 Å². The van der Waals surface area contributed by atoms with Crippen LogP contribution in [0.3, 0.4) is 0 Å². The van der Waals surface area contributed by atoms with Gasteiger partial charge in [0.25, 0.3) is 0 Å². The van der Waals surface area contributed by atoms with Gasteiger partial charge < -0.3 is 49.3 Å². The SMILES string of the molecule is COC(=O)NC(C(=O)N1[C@@H]2CC2C[C@H]1c1ncc(-c2ccc3c(c2)cc2n3C(c3cnc(C(C)(C)C)s3)Oc3cc(-c4cnc([C@@H]5CCCN5C(=O)[C@@H](NC(=O)OC)C(C)C)[nH]4)cc(F)c3-2)[nH]1)C1CCOC(C)(C)C1. The number of likely N-dealkylation sites (tertiary alicyclic amines) is 2. The molecule has 0 radical (unpaired) electrons. The molecular formula is C55H65FN10O8S. The Balaban J connectivity index is 0.906. The number of nitrogens with zero attached hydrogens (tertiary/aromatic N) is 6. The fraction of sp³-hybridized carbons (Fsp3) is 0.509. The van der Waals surface area contributed by atoms with E-state index in [9.17, 15) is 19.2 Å². The van der Waals surface area contributed by atoms with E-state index in [1.165, 1.54) is 20.3 Å². The van der Waals surface area contributed by atoms with Crippen molar-refractivity contribution in [2.45, 2.75) is 134 Å². The van der Waals surface area contributed by atoms with Gasteiger partial charge in [0.15, 0.2) is 0 Å². The number of methoxy groups -OCH3 is 2. The number of carbonyl (C=O) groups is 4. The predicted molar refractivity (Wildman–Crippen MR) is 278 cm³/mol. The number of alkyl carbamates (subject to hydrolysis) is 2. The second-order valence-electron chi connectivity index (χ2n) is 22.7. The molecule has 4 amide bonds. The van der Waals surface area contributed by atoms with E-state index >= 15 is 4.39 Å². The van der Waals surface area contributed by atoms with Gasteiger partial charge in [0.1, 0.15) is 35.3 Å². The quantitative estimate of drug-likeness (QED) is 0.0960. The molecule has 396 valence electrons. The summed E-state index contributed by atoms with van der Waals surface area (Å²) in [5.74, 6) is 0.808. The highest BCUT2D eigenvalue weighted by atomic mass is 32.1. The third kappa shape index (κ3) is 9.31. The normalized spacial score (nSPS) is 23.5. The molecule has 18 nitrogen and oxygen atoms in total. The van der Waals surface area contributed by atoms with E-state index < -0.39 is 41.9 Å². The van der Waals surface area contributed by atoms with E-state index in [-0.39, 0.29) is 47.2 Å². The minimum Gasteiger partial charge on any atom is -0.464 e. The van der Waals surface area contributed by atoms with Gasteiger partial charge in [-0.3, -0.25) is 14.2 Å². The van der Waals surface area contributed by atoms with Crippen LogP contribution in [0.25, 0.3) is 44.7 Å². The first kappa shape index (κ1) is 50.4. The zero-order valence-electron chi connectivity index (χ0n) is 43.8. The molecule has 3 saturated heterocycles. The highest BCUT2D eigenvalue weighted by Gasteiger charge is 2.57. The van der Waals surface area contributed by atoms with Gasteiger partial charge in [-0.2, -0.15) is 0 Å². The number of halogens is 1. The first-order valence-electron chi connectivity index (χ1n) is 26.0. The second kappa shape index (κ2) is 19.1. The van der Waals surface area contributed by atoms with E-state index in [0.29, 0.717) is 78.2 Å². The maximum Gasteiger partial charge on any atom is 0.407 e. The lowest BCUT2D eigenvalue weighted by atomic mass is 9.82. The van der Waals surface area contributed by atoms with Gasteiger partial charge in [0, 0.05) is 47.3 Å². The number of H-pyrrole nitrogens is 2. The van der Waals surface area contributed by atoms with Crippen molar-refractivity contribution in [3.05, 3.63) is 82.3 Å². The fourth-order valence-electron chi connectivity index (χ4n) is 11.8. The summed E-state index contributed by atoms with van der Waals surface area (Å²) in [5, 5.41) is 7.38. The number of carbonyl (C=O) groups excluding carboxylic acids is 4. The molecule has 0 spiro atoms. The smallest absolute Gasteiger partial charge is 0.407 e. The Morgan fingerprint density at radius 2 is 1.60 bits per heavy atom. The average Bonchev–Trinajstić information content (AvgIpc) is 4.18.